The SMILES string of the molecule is [2H][C-]1CCC1.[Y]. The zero-order valence-electron chi connectivity index (χ0n) is 4.20. The average Bonchev–Trinajstić information content (AvgIpc) is 1.30. The Hall–Kier alpha value is 1.10. The molecule has 0 nitrogen and oxygen atoms in total. The molecule has 1 fully saturated rings. The van der Waals surface area contributed by atoms with Gasteiger partial charge in [-0.3, -0.25) is 0 Å². The van der Waals surface area contributed by atoms with Gasteiger partial charge in [0.15, 0.2) is 0 Å². The molecule has 0 amide bonds. The van der Waals surface area contributed by atoms with Crippen molar-refractivity contribution in [2.45, 2.75) is 19.3 Å². The van der Waals surface area contributed by atoms with Crippen molar-refractivity contribution in [2.24, 2.45) is 0 Å². The Morgan fingerprint density at radius 1 is 1.60 bits per heavy atom. The van der Waals surface area contributed by atoms with Gasteiger partial charge in [-0.2, -0.15) is 12.8 Å². The van der Waals surface area contributed by atoms with Crippen molar-refractivity contribution in [1.82, 2.24) is 0 Å². The second-order valence-electron chi connectivity index (χ2n) is 1.10. The van der Waals surface area contributed by atoms with Gasteiger partial charge >= 0.3 is 0 Å². The summed E-state index contributed by atoms with van der Waals surface area (Å²) in [6, 6.07) is 0. The molecule has 5 heavy (non-hydrogen) atoms. The molecular weight excluding hydrogens is 137 g/mol. The molecule has 0 heterocycles. The largest absolute Gasteiger partial charge is 0.329 e. The fraction of sp³-hybridized carbons (Fsp3) is 0.750. The van der Waals surface area contributed by atoms with Gasteiger partial charge in [0.25, 0.3) is 0 Å². The van der Waals surface area contributed by atoms with Gasteiger partial charge in [-0.25, -0.2) is 1.37 Å². The van der Waals surface area contributed by atoms with Crippen molar-refractivity contribution in [3.05, 3.63) is 6.40 Å². The van der Waals surface area contributed by atoms with E-state index in [4.69, 9.17) is 1.37 Å². The maximum Gasteiger partial charge on any atom is 0 e. The first kappa shape index (κ1) is 4.27. The summed E-state index contributed by atoms with van der Waals surface area (Å²) >= 11 is 0. The topological polar surface area (TPSA) is 0 Å². The zero-order valence-corrected chi connectivity index (χ0v) is 6.04. The first-order valence-corrected chi connectivity index (χ1v) is 1.71. The third-order valence-corrected chi connectivity index (χ3v) is 0.707. The third kappa shape index (κ3) is 1.89. The van der Waals surface area contributed by atoms with Crippen molar-refractivity contribution in [1.29, 1.82) is 0 Å². The molecule has 27 valence electrons. The summed E-state index contributed by atoms with van der Waals surface area (Å²) < 4.78 is 6.83. The maximum absolute atomic E-state index is 6.83. The molecule has 0 aromatic carbocycles. The minimum Gasteiger partial charge on any atom is -0.329 e. The Bertz CT molecular complexity index is 34.5. The minimum atomic E-state index is 0. The van der Waals surface area contributed by atoms with Crippen LogP contribution in [-0.2, 0) is 32.7 Å². The molecule has 0 aliphatic heterocycles. The second-order valence-corrected chi connectivity index (χ2v) is 1.10. The number of hydrogen-bond acceptors (Lipinski definition) is 0. The van der Waals surface area contributed by atoms with Crippen molar-refractivity contribution < 1.29 is 34.1 Å². The Morgan fingerprint density at radius 2 is 2.00 bits per heavy atom. The Morgan fingerprint density at radius 3 is 2.00 bits per heavy atom. The summed E-state index contributed by atoms with van der Waals surface area (Å²) in [5, 5.41) is 0. The zero-order chi connectivity index (χ0) is 3.70. The molecule has 1 aliphatic rings. The molecule has 0 unspecified atom stereocenters. The van der Waals surface area contributed by atoms with Crippen LogP contribution in [0.5, 0.6) is 0 Å². The van der Waals surface area contributed by atoms with Gasteiger partial charge in [0.2, 0.25) is 0 Å². The van der Waals surface area contributed by atoms with Crippen LogP contribution in [0.2, 0.25) is 0 Å². The molecule has 0 spiro atoms. The summed E-state index contributed by atoms with van der Waals surface area (Å²) in [6.45, 7) is 0. The summed E-state index contributed by atoms with van der Waals surface area (Å²) in [5.41, 5.74) is 0. The molecule has 1 heteroatoms. The Kier molecular flexibility index (Phi) is 2.82. The van der Waals surface area contributed by atoms with E-state index in [0.717, 1.165) is 19.2 Å². The fourth-order valence-electron chi connectivity index (χ4n) is 0.177. The van der Waals surface area contributed by atoms with E-state index in [1.54, 1.807) is 0 Å². The van der Waals surface area contributed by atoms with Crippen molar-refractivity contribution >= 4 is 0 Å². The van der Waals surface area contributed by atoms with Crippen LogP contribution in [0.25, 0.3) is 0 Å². The normalized spacial score (nSPS) is 26.0. The van der Waals surface area contributed by atoms with Crippen LogP contribution >= 0.6 is 0 Å². The van der Waals surface area contributed by atoms with E-state index in [1.807, 2.05) is 0 Å². The number of rotatable bonds is 0. The molecule has 1 saturated carbocycles. The molecule has 0 atom stereocenters. The van der Waals surface area contributed by atoms with Gasteiger partial charge in [-0.1, -0.05) is 0 Å². The van der Waals surface area contributed by atoms with Crippen LogP contribution < -0.4 is 0 Å². The van der Waals surface area contributed by atoms with E-state index in [9.17, 15) is 0 Å². The van der Waals surface area contributed by atoms with Crippen molar-refractivity contribution in [2.75, 3.05) is 0 Å². The van der Waals surface area contributed by atoms with Crippen LogP contribution in [0.1, 0.15) is 20.6 Å². The van der Waals surface area contributed by atoms with Crippen LogP contribution in [0.4, 0.5) is 0 Å². The molecule has 0 N–H and O–H groups in total. The molecule has 0 aromatic rings. The molecule has 0 bridgehead atoms. The van der Waals surface area contributed by atoms with E-state index >= 15 is 0 Å². The summed E-state index contributed by atoms with van der Waals surface area (Å²) in [6.07, 6.45) is 4.34. The molecular formula is C4H7Y-. The van der Waals surface area contributed by atoms with E-state index in [2.05, 4.69) is 0 Å². The van der Waals surface area contributed by atoms with Crippen LogP contribution in [-0.4, -0.2) is 0 Å². The van der Waals surface area contributed by atoms with Crippen molar-refractivity contribution in [3.8, 4) is 0 Å². The van der Waals surface area contributed by atoms with Gasteiger partial charge in [0.1, 0.15) is 0 Å². The summed E-state index contributed by atoms with van der Waals surface area (Å²) in [4.78, 5) is 0. The average molecular weight is 145 g/mol. The maximum atomic E-state index is 6.83. The van der Waals surface area contributed by atoms with Crippen LogP contribution in [0, 0.1) is 6.40 Å². The first-order chi connectivity index (χ1) is 2.39. The van der Waals surface area contributed by atoms with E-state index in [0.29, 0.717) is 0 Å². The molecule has 1 aliphatic carbocycles. The third-order valence-electron chi connectivity index (χ3n) is 0.707. The van der Waals surface area contributed by atoms with Crippen molar-refractivity contribution in [3.63, 3.8) is 0 Å². The molecule has 0 aromatic heterocycles. The Labute approximate surface area is 59.6 Å². The van der Waals surface area contributed by atoms with E-state index in [-0.39, 0.29) is 32.7 Å². The molecule has 0 saturated heterocycles. The monoisotopic (exact) mass is 145 g/mol. The quantitative estimate of drug-likeness (QED) is 0.451. The predicted octanol–water partition coefficient (Wildman–Crippen LogP) is 1.37. The predicted molar refractivity (Wildman–Crippen MR) is 18.2 cm³/mol. The second kappa shape index (κ2) is 3.30. The number of hydrogen-bond donors (Lipinski definition) is 0. The summed E-state index contributed by atoms with van der Waals surface area (Å²) in [7, 11) is 0. The summed E-state index contributed by atoms with van der Waals surface area (Å²) in [5.74, 6) is 0. The van der Waals surface area contributed by atoms with Crippen LogP contribution in [0.3, 0.4) is 0 Å². The van der Waals surface area contributed by atoms with Gasteiger partial charge in [0, 0.05) is 32.7 Å². The fourth-order valence-corrected chi connectivity index (χ4v) is 0.177. The van der Waals surface area contributed by atoms with Crippen LogP contribution in [0.15, 0.2) is 0 Å². The van der Waals surface area contributed by atoms with Gasteiger partial charge in [0.05, 0.1) is 0 Å². The smallest absolute Gasteiger partial charge is 0 e. The standard InChI is InChI=1S/C4H7.Y/c1-2-4-3-1;/h1H,2-4H2;/q-1;/i1D;. The molecule has 1 radical (unpaired) electrons. The van der Waals surface area contributed by atoms with E-state index in [1.165, 1.54) is 6.42 Å². The van der Waals surface area contributed by atoms with Gasteiger partial charge in [-0.05, 0) is 0 Å². The van der Waals surface area contributed by atoms with E-state index < -0.39 is 0 Å². The van der Waals surface area contributed by atoms with Gasteiger partial charge in [-0.15, -0.1) is 6.42 Å². The van der Waals surface area contributed by atoms with Gasteiger partial charge < -0.3 is 6.40 Å². The molecule has 1 rings (SSSR count). The first-order valence-electron chi connectivity index (χ1n) is 2.21. The minimum absolute atomic E-state index is 0. The Balaban J connectivity index is 0.000000250.